The van der Waals surface area contributed by atoms with Gasteiger partial charge in [-0.2, -0.15) is 0 Å². The van der Waals surface area contributed by atoms with E-state index >= 15 is 0 Å². The minimum absolute atomic E-state index is 0.193. The normalized spacial score (nSPS) is 37.1. The number of benzene rings is 2. The number of anilines is 1. The van der Waals surface area contributed by atoms with Gasteiger partial charge in [-0.15, -0.1) is 0 Å². The van der Waals surface area contributed by atoms with Gasteiger partial charge < -0.3 is 14.7 Å². The first kappa shape index (κ1) is 26.7. The Morgan fingerprint density at radius 1 is 1.10 bits per heavy atom. The largest absolute Gasteiger partial charge is 0.490 e. The van der Waals surface area contributed by atoms with E-state index in [9.17, 15) is 14.1 Å². The summed E-state index contributed by atoms with van der Waals surface area (Å²) in [5, 5.41) is 12.2. The molecule has 5 aliphatic rings. The van der Waals surface area contributed by atoms with Crippen molar-refractivity contribution in [2.75, 3.05) is 30.3 Å². The predicted octanol–water partition coefficient (Wildman–Crippen LogP) is 4.99. The van der Waals surface area contributed by atoms with Gasteiger partial charge in [0.1, 0.15) is 5.75 Å². The third-order valence-corrected chi connectivity index (χ3v) is 12.2. The molecule has 8 heteroatoms. The molecule has 1 amide bonds. The maximum absolute atomic E-state index is 13.3. The first-order valence-electron chi connectivity index (χ1n) is 14.9. The molecule has 2 fully saturated rings. The number of halogens is 1. The minimum Gasteiger partial charge on any atom is -0.490 e. The van der Waals surface area contributed by atoms with E-state index < -0.39 is 9.71 Å². The van der Waals surface area contributed by atoms with Gasteiger partial charge in [0, 0.05) is 44.6 Å². The highest BCUT2D eigenvalue weighted by atomic mass is 35.5. The van der Waals surface area contributed by atoms with Gasteiger partial charge >= 0.3 is 0 Å². The number of aliphatic hydroxyl groups excluding tert-OH is 1. The molecule has 2 aromatic rings. The Morgan fingerprint density at radius 3 is 2.80 bits per heavy atom. The molecule has 7 rings (SSSR count). The topological polar surface area (TPSA) is 78.9 Å². The monoisotopic (exact) mass is 582 g/mol. The van der Waals surface area contributed by atoms with E-state index in [0.717, 1.165) is 80.9 Å². The van der Waals surface area contributed by atoms with Gasteiger partial charge in [0.2, 0.25) is 0 Å². The van der Waals surface area contributed by atoms with E-state index in [-0.39, 0.29) is 17.4 Å². The first-order chi connectivity index (χ1) is 19.2. The zero-order valence-corrected chi connectivity index (χ0v) is 24.5. The molecule has 2 heterocycles. The second kappa shape index (κ2) is 9.95. The zero-order chi connectivity index (χ0) is 27.6. The average Bonchev–Trinajstić information content (AvgIpc) is 3.69. The number of ether oxygens (including phenoxy) is 1. The van der Waals surface area contributed by atoms with Gasteiger partial charge in [0.25, 0.3) is 5.91 Å². The first-order valence-corrected chi connectivity index (χ1v) is 17.1. The predicted molar refractivity (Wildman–Crippen MR) is 161 cm³/mol. The highest BCUT2D eigenvalue weighted by Crippen LogP contribution is 2.52. The van der Waals surface area contributed by atoms with E-state index in [2.05, 4.69) is 27.6 Å². The summed E-state index contributed by atoms with van der Waals surface area (Å²) in [6, 6.07) is 11.8. The molecule has 214 valence electrons. The van der Waals surface area contributed by atoms with Gasteiger partial charge in [-0.1, -0.05) is 17.7 Å². The van der Waals surface area contributed by atoms with Gasteiger partial charge in [-0.3, -0.25) is 9.52 Å². The number of rotatable bonds is 0. The number of hydrogen-bond acceptors (Lipinski definition) is 5. The standard InChI is InChI=1S/C32H39ClN2O4S/c1-40(38)13-3-5-20-15-26(20)30(36)25-9-6-23(25)17-35-18-32(12-2-4-21-14-24(33)8-10-27(21)32)19-39-29-11-7-22(16-28(29)35)31(37)34-40/h7-8,10-11,14,16,20,23,25-26,30,36H,1-6,9,12-13,15,17-19H2,(H,34,37,38)/t20-,23-,25+,26-,30+,32-,40?/m0/s1. The van der Waals surface area contributed by atoms with Crippen LogP contribution in [-0.2, 0) is 21.5 Å². The summed E-state index contributed by atoms with van der Waals surface area (Å²) in [5.74, 6) is 6.16. The van der Waals surface area contributed by atoms with Crippen LogP contribution in [0.1, 0.15) is 66.4 Å². The molecule has 40 heavy (non-hydrogen) atoms. The highest BCUT2D eigenvalue weighted by molar-refractivity contribution is 7.99. The fraction of sp³-hybridized carbons (Fsp3) is 0.562. The Morgan fingerprint density at radius 2 is 1.98 bits per heavy atom. The third kappa shape index (κ3) is 4.82. The number of nitrogens with one attached hydrogen (secondary N) is 1. The lowest BCUT2D eigenvalue weighted by Gasteiger charge is -2.46. The quantitative estimate of drug-likeness (QED) is 0.428. The molecule has 0 aromatic heterocycles. The summed E-state index contributed by atoms with van der Waals surface area (Å²) < 4.78 is 22.5. The van der Waals surface area contributed by atoms with Crippen molar-refractivity contribution in [1.29, 1.82) is 0 Å². The molecule has 1 unspecified atom stereocenters. The number of carbonyl (C=O) groups is 1. The van der Waals surface area contributed by atoms with E-state index in [4.69, 9.17) is 16.3 Å². The van der Waals surface area contributed by atoms with Crippen molar-refractivity contribution >= 4 is 38.8 Å². The van der Waals surface area contributed by atoms with Crippen LogP contribution in [0.4, 0.5) is 5.69 Å². The number of carbonyl (C=O) groups excluding carboxylic acids is 1. The lowest BCUT2D eigenvalue weighted by molar-refractivity contribution is -0.00180. The van der Waals surface area contributed by atoms with Crippen LogP contribution in [0.2, 0.25) is 5.02 Å². The van der Waals surface area contributed by atoms with E-state index in [1.165, 1.54) is 11.1 Å². The molecule has 2 aromatic carbocycles. The van der Waals surface area contributed by atoms with Crippen LogP contribution in [-0.4, -0.2) is 52.6 Å². The second-order valence-electron chi connectivity index (χ2n) is 13.0. The van der Waals surface area contributed by atoms with Gasteiger partial charge in [-0.05, 0) is 122 Å². The van der Waals surface area contributed by atoms with Crippen LogP contribution in [0, 0.1) is 23.7 Å². The van der Waals surface area contributed by atoms with Crippen molar-refractivity contribution in [1.82, 2.24) is 4.72 Å². The molecule has 3 aliphatic carbocycles. The van der Waals surface area contributed by atoms with E-state index in [1.54, 1.807) is 6.07 Å². The number of aryl methyl sites for hydroxylation is 1. The van der Waals surface area contributed by atoms with Crippen LogP contribution < -0.4 is 14.4 Å². The van der Waals surface area contributed by atoms with E-state index in [1.807, 2.05) is 18.2 Å². The van der Waals surface area contributed by atoms with Crippen molar-refractivity contribution in [2.45, 2.75) is 62.9 Å². The maximum Gasteiger partial charge on any atom is 0.262 e. The molecule has 1 spiro atoms. The lowest BCUT2D eigenvalue weighted by Crippen LogP contribution is -2.50. The highest BCUT2D eigenvalue weighted by Gasteiger charge is 2.50. The molecule has 2 aliphatic heterocycles. The van der Waals surface area contributed by atoms with Crippen LogP contribution >= 0.6 is 11.6 Å². The van der Waals surface area contributed by atoms with Crippen molar-refractivity contribution in [3.05, 3.63) is 58.1 Å². The molecule has 6 nitrogen and oxygen atoms in total. The average molecular weight is 583 g/mol. The van der Waals surface area contributed by atoms with Crippen LogP contribution in [0.25, 0.3) is 0 Å². The van der Waals surface area contributed by atoms with Gasteiger partial charge in [-0.25, -0.2) is 4.21 Å². The van der Waals surface area contributed by atoms with Crippen molar-refractivity contribution < 1.29 is 18.8 Å². The molecule has 2 N–H and O–H groups in total. The smallest absolute Gasteiger partial charge is 0.262 e. The number of aliphatic hydroxyl groups is 1. The molecular weight excluding hydrogens is 544 g/mol. The fourth-order valence-corrected chi connectivity index (χ4v) is 9.39. The summed E-state index contributed by atoms with van der Waals surface area (Å²) in [6.45, 7) is 2.15. The van der Waals surface area contributed by atoms with Crippen LogP contribution in [0.3, 0.4) is 0 Å². The lowest BCUT2D eigenvalue weighted by atomic mass is 9.68. The van der Waals surface area contributed by atoms with Crippen LogP contribution in [0.15, 0.2) is 36.4 Å². The minimum atomic E-state index is -2.75. The summed E-state index contributed by atoms with van der Waals surface area (Å²) in [4.78, 5) is 15.7. The maximum atomic E-state index is 13.3. The van der Waals surface area contributed by atoms with E-state index in [0.29, 0.717) is 41.6 Å². The Kier molecular flexibility index (Phi) is 6.64. The molecule has 0 saturated heterocycles. The fourth-order valence-electron chi connectivity index (χ4n) is 8.01. The van der Waals surface area contributed by atoms with Crippen molar-refractivity contribution in [3.63, 3.8) is 0 Å². The number of amides is 1. The molecule has 2 bridgehead atoms. The number of nitrogens with zero attached hydrogens (tertiary/aromatic N) is 1. The Hall–Kier alpha value is -2.22. The second-order valence-corrected chi connectivity index (χ2v) is 15.7. The number of hydrogen-bond donors (Lipinski definition) is 2. The van der Waals surface area contributed by atoms with Gasteiger partial charge in [0.15, 0.2) is 0 Å². The van der Waals surface area contributed by atoms with Crippen molar-refractivity contribution in [3.8, 4) is 5.75 Å². The molecule has 0 radical (unpaired) electrons. The Labute approximate surface area is 242 Å². The molecule has 2 saturated carbocycles. The molecule has 7 atom stereocenters. The van der Waals surface area contributed by atoms with Crippen LogP contribution in [0.5, 0.6) is 5.75 Å². The Balaban J connectivity index is 1.29. The summed E-state index contributed by atoms with van der Waals surface area (Å²) >= 11 is 6.40. The van der Waals surface area contributed by atoms with Gasteiger partial charge in [0.05, 0.1) is 18.4 Å². The third-order valence-electron chi connectivity index (χ3n) is 10.4. The number of fused-ring (bicyclic) bond motifs is 5. The zero-order valence-electron chi connectivity index (χ0n) is 22.9. The summed E-state index contributed by atoms with van der Waals surface area (Å²) in [7, 11) is -2.75. The Bertz CT molecular complexity index is 1440. The molecular formula is C32H39ClN2O4S. The van der Waals surface area contributed by atoms with Crippen molar-refractivity contribution in [2.24, 2.45) is 23.7 Å². The SMILES string of the molecule is C=S1(=O)CCC[C@H]2C[C@@H]2[C@H](O)[C@@H]2CC[C@H]2CN2C[C@@]3(CCCc4cc(Cl)ccc43)COc3ccc(cc32)C(=O)N1. The summed E-state index contributed by atoms with van der Waals surface area (Å²) in [5.41, 5.74) is 3.78. The summed E-state index contributed by atoms with van der Waals surface area (Å²) in [6.07, 6.45) is 7.70.